The van der Waals surface area contributed by atoms with Crippen molar-refractivity contribution in [3.63, 3.8) is 0 Å². The average Bonchev–Trinajstić information content (AvgIpc) is 2.54. The first-order chi connectivity index (χ1) is 10.3. The summed E-state index contributed by atoms with van der Waals surface area (Å²) in [6, 6.07) is 15.0. The van der Waals surface area contributed by atoms with Gasteiger partial charge in [0.1, 0.15) is 11.3 Å². The molecule has 6 heteroatoms. The second-order valence-corrected chi connectivity index (χ2v) is 4.50. The Balaban J connectivity index is 1.87. The maximum absolute atomic E-state index is 11.9. The lowest BCUT2D eigenvalue weighted by molar-refractivity contribution is -0.641. The van der Waals surface area contributed by atoms with Crippen molar-refractivity contribution in [1.82, 2.24) is 10.1 Å². The number of rotatable bonds is 4. The van der Waals surface area contributed by atoms with Crippen LogP contribution in [0.5, 0.6) is 5.75 Å². The molecule has 0 spiro atoms. The number of hydrogen-bond donors (Lipinski definition) is 1. The Labute approximate surface area is 121 Å². The van der Waals surface area contributed by atoms with Crippen LogP contribution >= 0.6 is 0 Å². The van der Waals surface area contributed by atoms with Gasteiger partial charge in [0.15, 0.2) is 0 Å². The first kappa shape index (κ1) is 13.1. The highest BCUT2D eigenvalue weighted by molar-refractivity contribution is 5.73. The highest BCUT2D eigenvalue weighted by atomic mass is 16.5. The highest BCUT2D eigenvalue weighted by Crippen LogP contribution is 2.16. The summed E-state index contributed by atoms with van der Waals surface area (Å²) in [5.74, 6) is 0.896. The third-order valence-electron chi connectivity index (χ3n) is 3.09. The van der Waals surface area contributed by atoms with Crippen LogP contribution < -0.4 is 14.9 Å². The lowest BCUT2D eigenvalue weighted by Gasteiger charge is -2.06. The molecule has 0 radical (unpaired) electrons. The van der Waals surface area contributed by atoms with Gasteiger partial charge in [-0.2, -0.15) is 0 Å². The number of anilines is 1. The zero-order valence-corrected chi connectivity index (χ0v) is 11.5. The monoisotopic (exact) mass is 282 g/mol. The zero-order valence-electron chi connectivity index (χ0n) is 11.5. The van der Waals surface area contributed by atoms with E-state index < -0.39 is 0 Å². The molecule has 2 aromatic carbocycles. The molecule has 0 atom stereocenters. The van der Waals surface area contributed by atoms with Crippen molar-refractivity contribution >= 4 is 17.0 Å². The van der Waals surface area contributed by atoms with Crippen molar-refractivity contribution in [2.75, 3.05) is 12.4 Å². The summed E-state index contributed by atoms with van der Waals surface area (Å²) in [6.45, 7) is 0.558. The maximum atomic E-state index is 11.9. The molecular weight excluding hydrogens is 268 g/mol. The highest BCUT2D eigenvalue weighted by Gasteiger charge is 2.11. The molecule has 0 saturated heterocycles. The van der Waals surface area contributed by atoms with E-state index in [-0.39, 0.29) is 0 Å². The van der Waals surface area contributed by atoms with E-state index >= 15 is 0 Å². The zero-order chi connectivity index (χ0) is 14.7. The minimum Gasteiger partial charge on any atom is -0.594 e. The summed E-state index contributed by atoms with van der Waals surface area (Å²) in [7, 11) is 1.55. The molecule has 1 N–H and O–H groups in total. The Bertz CT molecular complexity index is 762. The summed E-state index contributed by atoms with van der Waals surface area (Å²) in [4.78, 5) is 4.88. The van der Waals surface area contributed by atoms with E-state index in [9.17, 15) is 5.21 Å². The third kappa shape index (κ3) is 2.84. The lowest BCUT2D eigenvalue weighted by Crippen LogP contribution is -2.33. The number of hydrogen-bond acceptors (Lipinski definition) is 5. The van der Waals surface area contributed by atoms with Gasteiger partial charge < -0.3 is 15.3 Å². The Morgan fingerprint density at radius 1 is 1.19 bits per heavy atom. The van der Waals surface area contributed by atoms with E-state index in [2.05, 4.69) is 15.4 Å². The second kappa shape index (κ2) is 5.62. The summed E-state index contributed by atoms with van der Waals surface area (Å²) in [5, 5.41) is 18.9. The van der Waals surface area contributed by atoms with Gasteiger partial charge in [-0.25, -0.2) is 4.98 Å². The third-order valence-corrected chi connectivity index (χ3v) is 3.09. The fourth-order valence-electron chi connectivity index (χ4n) is 2.01. The Morgan fingerprint density at radius 2 is 2.00 bits per heavy atom. The van der Waals surface area contributed by atoms with Crippen molar-refractivity contribution in [1.29, 1.82) is 0 Å². The minimum atomic E-state index is 0.298. The van der Waals surface area contributed by atoms with E-state index in [1.54, 1.807) is 25.3 Å². The molecule has 3 rings (SSSR count). The van der Waals surface area contributed by atoms with Crippen molar-refractivity contribution in [2.45, 2.75) is 6.54 Å². The van der Waals surface area contributed by atoms with E-state index in [4.69, 9.17) is 4.74 Å². The number of aromatic nitrogens is 3. The van der Waals surface area contributed by atoms with Crippen molar-refractivity contribution < 1.29 is 9.58 Å². The van der Waals surface area contributed by atoms with E-state index in [1.165, 1.54) is 0 Å². The lowest BCUT2D eigenvalue weighted by atomic mass is 10.2. The van der Waals surface area contributed by atoms with Gasteiger partial charge in [-0.3, -0.25) is 0 Å². The van der Waals surface area contributed by atoms with Crippen molar-refractivity contribution in [3.8, 4) is 5.75 Å². The number of nitrogens with one attached hydrogen (secondary N) is 1. The van der Waals surface area contributed by atoms with Crippen LogP contribution in [0.2, 0.25) is 0 Å². The summed E-state index contributed by atoms with van der Waals surface area (Å²) >= 11 is 0. The van der Waals surface area contributed by atoms with E-state index in [1.807, 2.05) is 30.3 Å². The number of ether oxygens (including phenoxy) is 1. The fraction of sp³-hybridized carbons (Fsp3) is 0.133. The molecule has 0 saturated carbocycles. The summed E-state index contributed by atoms with van der Waals surface area (Å²) < 4.78 is 5.09. The molecule has 3 aromatic rings. The first-order valence-electron chi connectivity index (χ1n) is 6.50. The van der Waals surface area contributed by atoms with E-state index in [0.717, 1.165) is 5.56 Å². The van der Waals surface area contributed by atoms with Gasteiger partial charge in [-0.15, -0.1) is 0 Å². The molecule has 0 aliphatic heterocycles. The van der Waals surface area contributed by atoms with Gasteiger partial charge in [0.2, 0.25) is 0 Å². The number of methoxy groups -OCH3 is 1. The fourth-order valence-corrected chi connectivity index (χ4v) is 2.01. The van der Waals surface area contributed by atoms with Crippen molar-refractivity contribution in [3.05, 3.63) is 59.3 Å². The van der Waals surface area contributed by atoms with Crippen LogP contribution in [0.3, 0.4) is 0 Å². The largest absolute Gasteiger partial charge is 0.594 e. The quantitative estimate of drug-likeness (QED) is 0.584. The van der Waals surface area contributed by atoms with Gasteiger partial charge in [-0.05, 0) is 22.5 Å². The average molecular weight is 282 g/mol. The van der Waals surface area contributed by atoms with Crippen molar-refractivity contribution in [2.24, 2.45) is 0 Å². The number of nitrogens with zero attached hydrogens (tertiary/aromatic N) is 3. The van der Waals surface area contributed by atoms with E-state index in [0.29, 0.717) is 34.1 Å². The predicted octanol–water partition coefficient (Wildman–Crippen LogP) is 1.88. The van der Waals surface area contributed by atoms with Crippen LogP contribution in [0.15, 0.2) is 48.5 Å². The molecule has 0 bridgehead atoms. The summed E-state index contributed by atoms with van der Waals surface area (Å²) in [6.07, 6.45) is 0. The molecule has 1 aromatic heterocycles. The van der Waals surface area contributed by atoms with Gasteiger partial charge >= 0.3 is 0 Å². The van der Waals surface area contributed by atoms with Gasteiger partial charge in [0.05, 0.1) is 18.3 Å². The minimum absolute atomic E-state index is 0.298. The maximum Gasteiger partial charge on any atom is 0.290 e. The second-order valence-electron chi connectivity index (χ2n) is 4.50. The smallest absolute Gasteiger partial charge is 0.290 e. The standard InChI is InChI=1S/C15H14N4O2/c1-21-12-7-8-13-14(9-12)19(20)18-15(17-13)16-10-11-5-3-2-4-6-11/h2-9H,10H2,1H3,(H,16,17,18). The molecule has 106 valence electrons. The van der Waals surface area contributed by atoms with Crippen LogP contribution in [-0.4, -0.2) is 17.2 Å². The number of fused-ring (bicyclic) bond motifs is 1. The van der Waals surface area contributed by atoms with Crippen LogP contribution in [-0.2, 0) is 6.54 Å². The van der Waals surface area contributed by atoms with Crippen LogP contribution in [0.1, 0.15) is 5.56 Å². The molecule has 0 amide bonds. The first-order valence-corrected chi connectivity index (χ1v) is 6.50. The summed E-state index contributed by atoms with van der Waals surface area (Å²) in [5.41, 5.74) is 2.03. The Kier molecular flexibility index (Phi) is 3.51. The molecule has 6 nitrogen and oxygen atoms in total. The van der Waals surface area contributed by atoms with Crippen LogP contribution in [0.4, 0.5) is 5.95 Å². The Hall–Kier alpha value is -2.89. The molecule has 0 aliphatic rings. The molecule has 1 heterocycles. The van der Waals surface area contributed by atoms with Gasteiger partial charge in [0.25, 0.3) is 11.5 Å². The molecule has 0 fully saturated rings. The van der Waals surface area contributed by atoms with Gasteiger partial charge in [0, 0.05) is 6.54 Å². The van der Waals surface area contributed by atoms with Crippen LogP contribution in [0.25, 0.3) is 11.0 Å². The molecule has 0 unspecified atom stereocenters. The Morgan fingerprint density at radius 3 is 2.76 bits per heavy atom. The molecule has 0 aliphatic carbocycles. The molecular formula is C15H14N4O2. The van der Waals surface area contributed by atoms with Crippen LogP contribution in [0, 0.1) is 5.21 Å². The SMILES string of the molecule is COc1ccc2nc(NCc3ccccc3)n[n+]([O-])c2c1. The molecule has 21 heavy (non-hydrogen) atoms. The topological polar surface area (TPSA) is 74.0 Å². The predicted molar refractivity (Wildman–Crippen MR) is 78.8 cm³/mol. The normalized spacial score (nSPS) is 10.5. The van der Waals surface area contributed by atoms with Gasteiger partial charge in [-0.1, -0.05) is 30.3 Å². The number of benzene rings is 2.